The number of anilines is 1. The summed E-state index contributed by atoms with van der Waals surface area (Å²) in [5.41, 5.74) is 13.4. The summed E-state index contributed by atoms with van der Waals surface area (Å²) in [5.74, 6) is -0.781. The minimum absolute atomic E-state index is 0.0965. The summed E-state index contributed by atoms with van der Waals surface area (Å²) in [4.78, 5) is 27.5. The molecule has 0 fully saturated rings. The summed E-state index contributed by atoms with van der Waals surface area (Å²) >= 11 is 0. The number of allylic oxidation sites excluding steroid dienone is 1. The molecule has 25 heavy (non-hydrogen) atoms. The quantitative estimate of drug-likeness (QED) is 0.299. The van der Waals surface area contributed by atoms with Gasteiger partial charge >= 0.3 is 5.97 Å². The molecular formula is C18H24N4O3. The molecule has 7 heteroatoms. The zero-order valence-electron chi connectivity index (χ0n) is 14.3. The Morgan fingerprint density at radius 1 is 1.44 bits per heavy atom. The second-order valence-electron chi connectivity index (χ2n) is 5.94. The molecule has 1 amide bonds. The fourth-order valence-corrected chi connectivity index (χ4v) is 2.67. The molecule has 7 nitrogen and oxygen atoms in total. The van der Waals surface area contributed by atoms with E-state index in [0.29, 0.717) is 13.0 Å². The Hall–Kier alpha value is -2.83. The van der Waals surface area contributed by atoms with Crippen molar-refractivity contribution in [2.24, 2.45) is 22.4 Å². The van der Waals surface area contributed by atoms with Crippen LogP contribution in [0.3, 0.4) is 0 Å². The van der Waals surface area contributed by atoms with Gasteiger partial charge in [0.1, 0.15) is 0 Å². The van der Waals surface area contributed by atoms with E-state index in [2.05, 4.69) is 21.1 Å². The van der Waals surface area contributed by atoms with Crippen molar-refractivity contribution in [1.29, 1.82) is 0 Å². The molecule has 0 aromatic heterocycles. The number of ether oxygens (including phenoxy) is 1. The Morgan fingerprint density at radius 3 is 2.96 bits per heavy atom. The Morgan fingerprint density at radius 2 is 2.24 bits per heavy atom. The third-order valence-corrected chi connectivity index (χ3v) is 4.00. The standard InChI is InChI=1S/C18H24N4O3/c1-25-16(23)11-14-10-13-7-6-12(9-15(13)22-17(14)24)5-3-2-4-8-21-18(19)20/h3,5-7,9,14H,2,4,8,10-11H2,1H3,(H,22,24)(H4,19,20,21). The van der Waals surface area contributed by atoms with E-state index in [4.69, 9.17) is 11.5 Å². The number of amides is 1. The van der Waals surface area contributed by atoms with E-state index in [1.54, 1.807) is 0 Å². The van der Waals surface area contributed by atoms with E-state index >= 15 is 0 Å². The van der Waals surface area contributed by atoms with Crippen molar-refractivity contribution < 1.29 is 14.3 Å². The second-order valence-corrected chi connectivity index (χ2v) is 5.94. The first kappa shape index (κ1) is 18.5. The molecule has 1 atom stereocenters. The molecule has 1 heterocycles. The summed E-state index contributed by atoms with van der Waals surface area (Å²) < 4.78 is 4.64. The molecule has 0 aliphatic carbocycles. The van der Waals surface area contributed by atoms with E-state index in [0.717, 1.165) is 29.7 Å². The Kier molecular flexibility index (Phi) is 6.56. The molecule has 0 bridgehead atoms. The molecule has 134 valence electrons. The van der Waals surface area contributed by atoms with Gasteiger partial charge < -0.3 is 21.5 Å². The lowest BCUT2D eigenvalue weighted by molar-refractivity contribution is -0.143. The molecule has 5 N–H and O–H groups in total. The van der Waals surface area contributed by atoms with Gasteiger partial charge in [0.25, 0.3) is 0 Å². The van der Waals surface area contributed by atoms with Crippen LogP contribution in [0.15, 0.2) is 29.3 Å². The lowest BCUT2D eigenvalue weighted by atomic mass is 9.90. The predicted octanol–water partition coefficient (Wildman–Crippen LogP) is 1.43. The number of esters is 1. The van der Waals surface area contributed by atoms with Crippen molar-refractivity contribution in [2.75, 3.05) is 19.0 Å². The van der Waals surface area contributed by atoms with Crippen LogP contribution in [0, 0.1) is 5.92 Å². The number of benzene rings is 1. The lowest BCUT2D eigenvalue weighted by Crippen LogP contribution is -2.31. The minimum Gasteiger partial charge on any atom is -0.469 e. The normalized spacial score (nSPS) is 16.2. The van der Waals surface area contributed by atoms with Gasteiger partial charge in [-0.3, -0.25) is 14.6 Å². The number of hydrogen-bond donors (Lipinski definition) is 3. The van der Waals surface area contributed by atoms with Gasteiger partial charge in [-0.25, -0.2) is 0 Å². The number of nitrogens with two attached hydrogens (primary N) is 2. The van der Waals surface area contributed by atoms with Crippen LogP contribution in [0.4, 0.5) is 5.69 Å². The third kappa shape index (κ3) is 5.63. The van der Waals surface area contributed by atoms with Gasteiger partial charge in [0, 0.05) is 12.2 Å². The minimum atomic E-state index is -0.378. The fourth-order valence-electron chi connectivity index (χ4n) is 2.67. The van der Waals surface area contributed by atoms with Gasteiger partial charge in [-0.2, -0.15) is 0 Å². The number of hydrogen-bond acceptors (Lipinski definition) is 4. The maximum absolute atomic E-state index is 12.1. The van der Waals surface area contributed by atoms with E-state index in [1.807, 2.05) is 24.3 Å². The van der Waals surface area contributed by atoms with Gasteiger partial charge in [0.15, 0.2) is 5.96 Å². The summed E-state index contributed by atoms with van der Waals surface area (Å²) in [5, 5.41) is 2.88. The highest BCUT2D eigenvalue weighted by molar-refractivity contribution is 5.97. The van der Waals surface area contributed by atoms with E-state index < -0.39 is 0 Å². The molecule has 0 spiro atoms. The zero-order chi connectivity index (χ0) is 18.2. The number of guanidine groups is 1. The zero-order valence-corrected chi connectivity index (χ0v) is 14.3. The van der Waals surface area contributed by atoms with Crippen LogP contribution >= 0.6 is 0 Å². The highest BCUT2D eigenvalue weighted by Gasteiger charge is 2.28. The van der Waals surface area contributed by atoms with Crippen LogP contribution in [0.25, 0.3) is 6.08 Å². The molecule has 1 aliphatic heterocycles. The molecule has 1 aromatic carbocycles. The number of unbranched alkanes of at least 4 members (excludes halogenated alkanes) is 1. The van der Waals surface area contributed by atoms with Crippen molar-refractivity contribution >= 4 is 29.6 Å². The van der Waals surface area contributed by atoms with Crippen LogP contribution < -0.4 is 16.8 Å². The number of aliphatic imine (C=N–C) groups is 1. The first-order chi connectivity index (χ1) is 12.0. The van der Waals surface area contributed by atoms with Crippen molar-refractivity contribution in [3.05, 3.63) is 35.4 Å². The molecule has 1 aromatic rings. The Bertz CT molecular complexity index is 694. The van der Waals surface area contributed by atoms with Gasteiger partial charge in [-0.05, 0) is 36.5 Å². The largest absolute Gasteiger partial charge is 0.469 e. The first-order valence-corrected chi connectivity index (χ1v) is 8.22. The average molecular weight is 344 g/mol. The topological polar surface area (TPSA) is 120 Å². The molecular weight excluding hydrogens is 320 g/mol. The van der Waals surface area contributed by atoms with Crippen molar-refractivity contribution in [3.63, 3.8) is 0 Å². The maximum Gasteiger partial charge on any atom is 0.306 e. The Balaban J connectivity index is 1.94. The maximum atomic E-state index is 12.1. The van der Waals surface area contributed by atoms with E-state index in [1.165, 1.54) is 7.11 Å². The van der Waals surface area contributed by atoms with Crippen LogP contribution in [-0.4, -0.2) is 31.5 Å². The number of carbonyl (C=O) groups is 2. The number of nitrogens with one attached hydrogen (secondary N) is 1. The SMILES string of the molecule is COC(=O)CC1Cc2ccc(C=CCCCN=C(N)N)cc2NC1=O. The number of nitrogens with zero attached hydrogens (tertiary/aromatic N) is 1. The number of methoxy groups -OCH3 is 1. The average Bonchev–Trinajstić information content (AvgIpc) is 2.58. The van der Waals surface area contributed by atoms with E-state index in [-0.39, 0.29) is 30.2 Å². The van der Waals surface area contributed by atoms with E-state index in [9.17, 15) is 9.59 Å². The lowest BCUT2D eigenvalue weighted by Gasteiger charge is -2.24. The summed E-state index contributed by atoms with van der Waals surface area (Å²) in [6, 6.07) is 5.92. The van der Waals surface area contributed by atoms with Crippen molar-refractivity contribution in [2.45, 2.75) is 25.7 Å². The highest BCUT2D eigenvalue weighted by atomic mass is 16.5. The molecule has 0 saturated carbocycles. The molecule has 0 saturated heterocycles. The molecule has 0 radical (unpaired) electrons. The van der Waals surface area contributed by atoms with Gasteiger partial charge in [-0.1, -0.05) is 24.3 Å². The van der Waals surface area contributed by atoms with Crippen LogP contribution in [0.5, 0.6) is 0 Å². The predicted molar refractivity (Wildman–Crippen MR) is 97.8 cm³/mol. The van der Waals surface area contributed by atoms with Crippen LogP contribution in [-0.2, 0) is 20.7 Å². The van der Waals surface area contributed by atoms with Gasteiger partial charge in [0.2, 0.25) is 5.91 Å². The second kappa shape index (κ2) is 8.86. The van der Waals surface area contributed by atoms with Crippen LogP contribution in [0.1, 0.15) is 30.4 Å². The monoisotopic (exact) mass is 344 g/mol. The van der Waals surface area contributed by atoms with Crippen molar-refractivity contribution in [1.82, 2.24) is 0 Å². The van der Waals surface area contributed by atoms with Crippen LogP contribution in [0.2, 0.25) is 0 Å². The van der Waals surface area contributed by atoms with Gasteiger partial charge in [-0.15, -0.1) is 0 Å². The van der Waals surface area contributed by atoms with Gasteiger partial charge in [0.05, 0.1) is 19.4 Å². The summed E-state index contributed by atoms with van der Waals surface area (Å²) in [7, 11) is 1.33. The summed E-state index contributed by atoms with van der Waals surface area (Å²) in [6.45, 7) is 0.606. The number of fused-ring (bicyclic) bond motifs is 1. The Labute approximate surface area is 147 Å². The first-order valence-electron chi connectivity index (χ1n) is 8.22. The fraction of sp³-hybridized carbons (Fsp3) is 0.389. The third-order valence-electron chi connectivity index (χ3n) is 4.00. The summed E-state index contributed by atoms with van der Waals surface area (Å²) in [6.07, 6.45) is 6.42. The molecule has 1 unspecified atom stereocenters. The molecule has 1 aliphatic rings. The highest BCUT2D eigenvalue weighted by Crippen LogP contribution is 2.28. The number of rotatable bonds is 7. The van der Waals surface area contributed by atoms with Crippen molar-refractivity contribution in [3.8, 4) is 0 Å². The molecule has 2 rings (SSSR count). The number of carbonyl (C=O) groups excluding carboxylic acids is 2. The smallest absolute Gasteiger partial charge is 0.306 e.